The molecule has 2 aliphatic rings. The van der Waals surface area contributed by atoms with Crippen LogP contribution in [0.3, 0.4) is 0 Å². The van der Waals surface area contributed by atoms with Gasteiger partial charge >= 0.3 is 0 Å². The standard InChI is InChI=1S/C16H22N2O.ClH/c1-16(7-4-8-17-11-16)15(19)18-14-9-12-5-2-3-6-13(12)10-14;/h2-3,5-6,14,17H,4,7-11H2,1H3,(H,18,19);1H. The van der Waals surface area contributed by atoms with E-state index in [9.17, 15) is 4.79 Å². The van der Waals surface area contributed by atoms with E-state index >= 15 is 0 Å². The second-order valence-corrected chi connectivity index (χ2v) is 6.19. The van der Waals surface area contributed by atoms with E-state index in [-0.39, 0.29) is 29.8 Å². The predicted octanol–water partition coefficient (Wildman–Crippen LogP) is 2.08. The second kappa shape index (κ2) is 6.15. The number of carbonyl (C=O) groups is 1. The van der Waals surface area contributed by atoms with Gasteiger partial charge < -0.3 is 10.6 Å². The molecular formula is C16H23ClN2O. The molecule has 110 valence electrons. The Morgan fingerprint density at radius 1 is 1.30 bits per heavy atom. The van der Waals surface area contributed by atoms with Gasteiger partial charge in [-0.1, -0.05) is 24.3 Å². The van der Waals surface area contributed by atoms with Crippen LogP contribution >= 0.6 is 12.4 Å². The molecule has 0 aromatic heterocycles. The molecule has 3 rings (SSSR count). The molecule has 3 nitrogen and oxygen atoms in total. The first kappa shape index (κ1) is 15.3. The third-order valence-corrected chi connectivity index (χ3v) is 4.53. The first-order chi connectivity index (χ1) is 9.17. The summed E-state index contributed by atoms with van der Waals surface area (Å²) in [6.07, 6.45) is 4.04. The zero-order chi connectivity index (χ0) is 13.3. The summed E-state index contributed by atoms with van der Waals surface area (Å²) in [5.74, 6) is 0.220. The molecule has 1 amide bonds. The van der Waals surface area contributed by atoms with Gasteiger partial charge in [0.2, 0.25) is 5.91 Å². The monoisotopic (exact) mass is 294 g/mol. The fourth-order valence-electron chi connectivity index (χ4n) is 3.27. The summed E-state index contributed by atoms with van der Waals surface area (Å²) in [4.78, 5) is 12.5. The summed E-state index contributed by atoms with van der Waals surface area (Å²) in [6.45, 7) is 3.92. The summed E-state index contributed by atoms with van der Waals surface area (Å²) >= 11 is 0. The lowest BCUT2D eigenvalue weighted by Crippen LogP contribution is -2.51. The van der Waals surface area contributed by atoms with Gasteiger partial charge in [0.15, 0.2) is 0 Å². The summed E-state index contributed by atoms with van der Waals surface area (Å²) in [6, 6.07) is 8.78. The summed E-state index contributed by atoms with van der Waals surface area (Å²) < 4.78 is 0. The minimum atomic E-state index is -0.229. The van der Waals surface area contributed by atoms with E-state index in [4.69, 9.17) is 0 Å². The highest BCUT2D eigenvalue weighted by atomic mass is 35.5. The van der Waals surface area contributed by atoms with Gasteiger partial charge in [0.25, 0.3) is 0 Å². The number of nitrogens with one attached hydrogen (secondary N) is 2. The Labute approximate surface area is 126 Å². The van der Waals surface area contributed by atoms with Gasteiger partial charge in [-0.3, -0.25) is 4.79 Å². The second-order valence-electron chi connectivity index (χ2n) is 6.19. The van der Waals surface area contributed by atoms with E-state index in [1.807, 2.05) is 0 Å². The molecule has 1 heterocycles. The zero-order valence-corrected chi connectivity index (χ0v) is 12.8. The third-order valence-electron chi connectivity index (χ3n) is 4.53. The molecule has 0 radical (unpaired) electrons. The molecule has 0 saturated carbocycles. The molecule has 0 spiro atoms. The number of rotatable bonds is 2. The highest BCUT2D eigenvalue weighted by Crippen LogP contribution is 2.27. The van der Waals surface area contributed by atoms with Crippen molar-refractivity contribution in [3.63, 3.8) is 0 Å². The van der Waals surface area contributed by atoms with E-state index in [0.29, 0.717) is 0 Å². The fourth-order valence-corrected chi connectivity index (χ4v) is 3.27. The molecule has 4 heteroatoms. The Kier molecular flexibility index (Phi) is 4.71. The molecule has 1 atom stereocenters. The lowest BCUT2D eigenvalue weighted by molar-refractivity contribution is -0.131. The smallest absolute Gasteiger partial charge is 0.227 e. The van der Waals surface area contributed by atoms with Crippen LogP contribution in [0.15, 0.2) is 24.3 Å². The van der Waals surface area contributed by atoms with Crippen LogP contribution in [-0.2, 0) is 17.6 Å². The first-order valence-corrected chi connectivity index (χ1v) is 7.26. The van der Waals surface area contributed by atoms with Gasteiger partial charge in [0.1, 0.15) is 0 Å². The maximum absolute atomic E-state index is 12.5. The van der Waals surface area contributed by atoms with Gasteiger partial charge in [-0.25, -0.2) is 0 Å². The molecule has 20 heavy (non-hydrogen) atoms. The average molecular weight is 295 g/mol. The molecular weight excluding hydrogens is 272 g/mol. The molecule has 1 aliphatic heterocycles. The lowest BCUT2D eigenvalue weighted by atomic mass is 9.81. The van der Waals surface area contributed by atoms with Crippen LogP contribution in [0.1, 0.15) is 30.9 Å². The zero-order valence-electron chi connectivity index (χ0n) is 11.9. The molecule has 1 fully saturated rings. The van der Waals surface area contributed by atoms with Gasteiger partial charge in [-0.2, -0.15) is 0 Å². The maximum Gasteiger partial charge on any atom is 0.227 e. The van der Waals surface area contributed by atoms with Crippen molar-refractivity contribution in [1.29, 1.82) is 0 Å². The first-order valence-electron chi connectivity index (χ1n) is 7.26. The Balaban J connectivity index is 0.00000147. The highest BCUT2D eigenvalue weighted by molar-refractivity contribution is 5.85. The molecule has 1 saturated heterocycles. The van der Waals surface area contributed by atoms with Crippen molar-refractivity contribution < 1.29 is 4.79 Å². The van der Waals surface area contributed by atoms with Crippen molar-refractivity contribution in [2.75, 3.05) is 13.1 Å². The van der Waals surface area contributed by atoms with Crippen LogP contribution in [0, 0.1) is 5.41 Å². The SMILES string of the molecule is CC1(C(=O)NC2Cc3ccccc3C2)CCCNC1.Cl. The van der Waals surface area contributed by atoms with Gasteiger partial charge in [-0.15, -0.1) is 12.4 Å². The largest absolute Gasteiger partial charge is 0.352 e. The lowest BCUT2D eigenvalue weighted by Gasteiger charge is -2.33. The van der Waals surface area contributed by atoms with E-state index in [1.165, 1.54) is 11.1 Å². The van der Waals surface area contributed by atoms with Gasteiger partial charge in [0, 0.05) is 12.6 Å². The molecule has 2 N–H and O–H groups in total. The molecule has 1 unspecified atom stereocenters. The van der Waals surface area contributed by atoms with E-state index in [2.05, 4.69) is 41.8 Å². The Morgan fingerprint density at radius 2 is 1.95 bits per heavy atom. The molecule has 0 bridgehead atoms. The van der Waals surface area contributed by atoms with Crippen LogP contribution < -0.4 is 10.6 Å². The quantitative estimate of drug-likeness (QED) is 0.877. The van der Waals surface area contributed by atoms with Gasteiger partial charge in [0.05, 0.1) is 5.41 Å². The van der Waals surface area contributed by atoms with Crippen molar-refractivity contribution in [3.8, 4) is 0 Å². The molecule has 1 aromatic carbocycles. The normalized spacial score (nSPS) is 25.6. The Hall–Kier alpha value is -1.06. The third kappa shape index (κ3) is 2.99. The number of hydrogen-bond donors (Lipinski definition) is 2. The minimum absolute atomic E-state index is 0. The van der Waals surface area contributed by atoms with E-state index in [1.54, 1.807) is 0 Å². The van der Waals surface area contributed by atoms with E-state index < -0.39 is 0 Å². The number of fused-ring (bicyclic) bond motifs is 1. The van der Waals surface area contributed by atoms with Crippen LogP contribution in [0.2, 0.25) is 0 Å². The van der Waals surface area contributed by atoms with Crippen molar-refractivity contribution in [2.24, 2.45) is 5.41 Å². The summed E-state index contributed by atoms with van der Waals surface area (Å²) in [7, 11) is 0. The number of hydrogen-bond acceptors (Lipinski definition) is 2. The van der Waals surface area contributed by atoms with Crippen LogP contribution in [0.25, 0.3) is 0 Å². The van der Waals surface area contributed by atoms with Crippen LogP contribution in [0.4, 0.5) is 0 Å². The maximum atomic E-state index is 12.5. The number of piperidine rings is 1. The van der Waals surface area contributed by atoms with Gasteiger partial charge in [-0.05, 0) is 50.3 Å². The van der Waals surface area contributed by atoms with Crippen molar-refractivity contribution in [2.45, 2.75) is 38.6 Å². The van der Waals surface area contributed by atoms with Crippen molar-refractivity contribution in [1.82, 2.24) is 10.6 Å². The summed E-state index contributed by atoms with van der Waals surface area (Å²) in [5.41, 5.74) is 2.55. The number of carbonyl (C=O) groups excluding carboxylic acids is 1. The Morgan fingerprint density at radius 3 is 2.50 bits per heavy atom. The number of amides is 1. The van der Waals surface area contributed by atoms with E-state index in [0.717, 1.165) is 38.8 Å². The van der Waals surface area contributed by atoms with Crippen molar-refractivity contribution >= 4 is 18.3 Å². The molecule has 1 aliphatic carbocycles. The fraction of sp³-hybridized carbons (Fsp3) is 0.562. The average Bonchev–Trinajstić information content (AvgIpc) is 2.81. The van der Waals surface area contributed by atoms with Crippen molar-refractivity contribution in [3.05, 3.63) is 35.4 Å². The number of halogens is 1. The summed E-state index contributed by atoms with van der Waals surface area (Å²) in [5, 5.41) is 6.59. The number of benzene rings is 1. The topological polar surface area (TPSA) is 41.1 Å². The Bertz CT molecular complexity index is 458. The van der Waals surface area contributed by atoms with Crippen LogP contribution in [0.5, 0.6) is 0 Å². The van der Waals surface area contributed by atoms with Crippen LogP contribution in [-0.4, -0.2) is 25.0 Å². The highest BCUT2D eigenvalue weighted by Gasteiger charge is 2.36. The predicted molar refractivity (Wildman–Crippen MR) is 83.2 cm³/mol. The minimum Gasteiger partial charge on any atom is -0.352 e. The molecule has 1 aromatic rings.